The lowest BCUT2D eigenvalue weighted by atomic mass is 9.85. The van der Waals surface area contributed by atoms with Crippen LogP contribution in [0.4, 0.5) is 0 Å². The number of amides is 2. The molecule has 5 rings (SSSR count). The van der Waals surface area contributed by atoms with Crippen molar-refractivity contribution in [3.05, 3.63) is 48.2 Å². The number of nitrogens with zero attached hydrogens (tertiary/aromatic N) is 6. The Kier molecular flexibility index (Phi) is 5.63. The number of hydrogen-bond donors (Lipinski definition) is 2. The third kappa shape index (κ3) is 4.42. The Morgan fingerprint density at radius 1 is 1.26 bits per heavy atom. The summed E-state index contributed by atoms with van der Waals surface area (Å²) >= 11 is 0. The highest BCUT2D eigenvalue weighted by Gasteiger charge is 2.45. The van der Waals surface area contributed by atoms with E-state index in [4.69, 9.17) is 0 Å². The van der Waals surface area contributed by atoms with Crippen LogP contribution in [0.2, 0.25) is 0 Å². The monoisotopic (exact) mass is 465 g/mol. The molecule has 1 saturated carbocycles. The molecular weight excluding hydrogens is 434 g/mol. The second-order valence-electron chi connectivity index (χ2n) is 10.5. The van der Waals surface area contributed by atoms with Gasteiger partial charge in [-0.05, 0) is 36.0 Å². The highest BCUT2D eigenvalue weighted by Crippen LogP contribution is 2.40. The fourth-order valence-corrected chi connectivity index (χ4v) is 4.70. The molecule has 2 amide bonds. The predicted molar refractivity (Wildman–Crippen MR) is 124 cm³/mol. The summed E-state index contributed by atoms with van der Waals surface area (Å²) in [5.74, 6) is -0.0777. The molecule has 0 bridgehead atoms. The van der Waals surface area contributed by atoms with Crippen molar-refractivity contribution in [3.63, 3.8) is 0 Å². The molecule has 0 aromatic carbocycles. The number of aromatic nitrogens is 5. The smallest absolute Gasteiger partial charge is 0.248 e. The minimum Gasteiger partial charge on any atom is -0.391 e. The molecule has 3 atom stereocenters. The number of imidazole rings is 1. The van der Waals surface area contributed by atoms with Gasteiger partial charge in [0.25, 0.3) is 0 Å². The molecule has 2 fully saturated rings. The van der Waals surface area contributed by atoms with Crippen molar-refractivity contribution in [3.8, 4) is 0 Å². The standard InChI is InChI=1S/C24H31N7O3/c1-24(2,3)21(31-14-18(27-28-31)16-4-5-16)23(34)30-13-17(32)11-19(30)22(33)26-12-15-6-8-29-9-7-25-20(29)10-15/h6-10,14,16-17,19,21,32H,4-5,11-13H2,1-3H3,(H,26,33)/t17?,19?,21-/m1/s1. The van der Waals surface area contributed by atoms with Crippen LogP contribution >= 0.6 is 0 Å². The Labute approximate surface area is 198 Å². The van der Waals surface area contributed by atoms with Crippen LogP contribution in [0, 0.1) is 5.41 Å². The second-order valence-corrected chi connectivity index (χ2v) is 10.5. The lowest BCUT2D eigenvalue weighted by Gasteiger charge is -2.34. The Bertz CT molecular complexity index is 1210. The molecule has 0 radical (unpaired) electrons. The molecule has 4 heterocycles. The van der Waals surface area contributed by atoms with Crippen LogP contribution in [0.5, 0.6) is 0 Å². The third-order valence-electron chi connectivity index (χ3n) is 6.64. The number of rotatable bonds is 6. The zero-order chi connectivity index (χ0) is 24.0. The quantitative estimate of drug-likeness (QED) is 0.572. The van der Waals surface area contributed by atoms with Gasteiger partial charge in [-0.15, -0.1) is 5.10 Å². The van der Waals surface area contributed by atoms with Crippen molar-refractivity contribution in [1.82, 2.24) is 34.6 Å². The number of aliphatic hydroxyl groups is 1. The fourth-order valence-electron chi connectivity index (χ4n) is 4.70. The van der Waals surface area contributed by atoms with Gasteiger partial charge in [0.2, 0.25) is 11.8 Å². The fraction of sp³-hybridized carbons (Fsp3) is 0.542. The molecule has 180 valence electrons. The summed E-state index contributed by atoms with van der Waals surface area (Å²) in [6.07, 6.45) is 8.98. The average Bonchev–Trinajstić information content (AvgIpc) is 3.17. The van der Waals surface area contributed by atoms with Crippen molar-refractivity contribution in [1.29, 1.82) is 0 Å². The van der Waals surface area contributed by atoms with Crippen molar-refractivity contribution in [2.75, 3.05) is 6.54 Å². The summed E-state index contributed by atoms with van der Waals surface area (Å²) < 4.78 is 3.53. The van der Waals surface area contributed by atoms with Gasteiger partial charge in [0, 0.05) is 50.2 Å². The van der Waals surface area contributed by atoms with E-state index < -0.39 is 23.6 Å². The molecular formula is C24H31N7O3. The van der Waals surface area contributed by atoms with Crippen LogP contribution < -0.4 is 5.32 Å². The number of nitrogens with one attached hydrogen (secondary N) is 1. The Morgan fingerprint density at radius 3 is 2.79 bits per heavy atom. The molecule has 10 nitrogen and oxygen atoms in total. The van der Waals surface area contributed by atoms with E-state index >= 15 is 0 Å². The molecule has 2 aliphatic rings. The number of hydrogen-bond acceptors (Lipinski definition) is 6. The molecule has 1 aliphatic heterocycles. The Hall–Kier alpha value is -3.27. The zero-order valence-electron chi connectivity index (χ0n) is 19.8. The molecule has 0 spiro atoms. The Balaban J connectivity index is 1.32. The molecule has 34 heavy (non-hydrogen) atoms. The molecule has 10 heteroatoms. The van der Waals surface area contributed by atoms with Crippen LogP contribution in [-0.2, 0) is 16.1 Å². The summed E-state index contributed by atoms with van der Waals surface area (Å²) in [7, 11) is 0. The van der Waals surface area contributed by atoms with Gasteiger partial charge in [0.15, 0.2) is 0 Å². The largest absolute Gasteiger partial charge is 0.391 e. The van der Waals surface area contributed by atoms with Gasteiger partial charge in [0.1, 0.15) is 17.7 Å². The number of carbonyl (C=O) groups excluding carboxylic acids is 2. The summed E-state index contributed by atoms with van der Waals surface area (Å²) in [4.78, 5) is 32.7. The summed E-state index contributed by atoms with van der Waals surface area (Å²) in [5, 5.41) is 21.8. The normalized spacial score (nSPS) is 21.7. The van der Waals surface area contributed by atoms with Gasteiger partial charge in [-0.1, -0.05) is 26.0 Å². The van der Waals surface area contributed by atoms with Gasteiger partial charge < -0.3 is 19.7 Å². The number of pyridine rings is 1. The van der Waals surface area contributed by atoms with Crippen molar-refractivity contribution >= 4 is 17.5 Å². The number of likely N-dealkylation sites (tertiary alicyclic amines) is 1. The van der Waals surface area contributed by atoms with E-state index in [9.17, 15) is 14.7 Å². The van der Waals surface area contributed by atoms with E-state index in [1.807, 2.05) is 55.9 Å². The summed E-state index contributed by atoms with van der Waals surface area (Å²) in [6, 6.07) is 2.45. The topological polar surface area (TPSA) is 118 Å². The zero-order valence-corrected chi connectivity index (χ0v) is 19.8. The molecule has 2 unspecified atom stereocenters. The minimum absolute atomic E-state index is 0.119. The summed E-state index contributed by atoms with van der Waals surface area (Å²) in [5.41, 5.74) is 2.16. The van der Waals surface area contributed by atoms with E-state index in [1.165, 1.54) is 4.90 Å². The lowest BCUT2D eigenvalue weighted by molar-refractivity contribution is -0.144. The number of aliphatic hydroxyl groups excluding tert-OH is 1. The lowest BCUT2D eigenvalue weighted by Crippen LogP contribution is -2.50. The van der Waals surface area contributed by atoms with Gasteiger partial charge >= 0.3 is 0 Å². The first-order valence-electron chi connectivity index (χ1n) is 11.8. The predicted octanol–water partition coefficient (Wildman–Crippen LogP) is 1.67. The van der Waals surface area contributed by atoms with E-state index in [1.54, 1.807) is 10.9 Å². The first-order valence-corrected chi connectivity index (χ1v) is 11.8. The van der Waals surface area contributed by atoms with E-state index in [0.29, 0.717) is 12.5 Å². The maximum absolute atomic E-state index is 13.8. The van der Waals surface area contributed by atoms with Crippen LogP contribution in [0.3, 0.4) is 0 Å². The van der Waals surface area contributed by atoms with E-state index in [2.05, 4.69) is 20.6 Å². The maximum atomic E-state index is 13.8. The highest BCUT2D eigenvalue weighted by atomic mass is 16.3. The molecule has 3 aromatic rings. The SMILES string of the molecule is CC(C)(C)[C@@H](C(=O)N1CC(O)CC1C(=O)NCc1ccn2ccnc2c1)n1cc(C2CC2)nn1. The molecule has 2 N–H and O–H groups in total. The summed E-state index contributed by atoms with van der Waals surface area (Å²) in [6.45, 7) is 6.35. The van der Waals surface area contributed by atoms with Gasteiger partial charge in [0.05, 0.1) is 11.8 Å². The van der Waals surface area contributed by atoms with E-state index in [-0.39, 0.29) is 24.8 Å². The van der Waals surface area contributed by atoms with Crippen molar-refractivity contribution in [2.24, 2.45) is 5.41 Å². The number of fused-ring (bicyclic) bond motifs is 1. The first-order chi connectivity index (χ1) is 16.2. The highest BCUT2D eigenvalue weighted by molar-refractivity contribution is 5.90. The minimum atomic E-state index is -0.751. The third-order valence-corrected chi connectivity index (χ3v) is 6.64. The van der Waals surface area contributed by atoms with Crippen LogP contribution in [0.15, 0.2) is 36.9 Å². The van der Waals surface area contributed by atoms with Gasteiger partial charge in [-0.2, -0.15) is 0 Å². The average molecular weight is 466 g/mol. The van der Waals surface area contributed by atoms with Crippen LogP contribution in [-0.4, -0.2) is 64.9 Å². The Morgan fingerprint density at radius 2 is 2.06 bits per heavy atom. The van der Waals surface area contributed by atoms with E-state index in [0.717, 1.165) is 29.7 Å². The molecule has 1 aliphatic carbocycles. The maximum Gasteiger partial charge on any atom is 0.248 e. The number of β-amino-alcohol motifs (C(OH)–C–C–N with tert-alkyl or cyclic N) is 1. The van der Waals surface area contributed by atoms with Crippen molar-refractivity contribution < 1.29 is 14.7 Å². The molecule has 3 aromatic heterocycles. The van der Waals surface area contributed by atoms with Gasteiger partial charge in [-0.3, -0.25) is 9.59 Å². The van der Waals surface area contributed by atoms with Crippen LogP contribution in [0.25, 0.3) is 5.65 Å². The van der Waals surface area contributed by atoms with Crippen molar-refractivity contribution in [2.45, 2.75) is 70.7 Å². The molecule has 1 saturated heterocycles. The van der Waals surface area contributed by atoms with Crippen LogP contribution in [0.1, 0.15) is 63.3 Å². The first kappa shape index (κ1) is 22.5. The number of carbonyl (C=O) groups is 2. The van der Waals surface area contributed by atoms with Gasteiger partial charge in [-0.25, -0.2) is 9.67 Å². The second kappa shape index (κ2) is 8.50.